The predicted molar refractivity (Wildman–Crippen MR) is 42.0 cm³/mol. The quantitative estimate of drug-likeness (QED) is 0.477. The van der Waals surface area contributed by atoms with Gasteiger partial charge in [-0.15, -0.1) is 0 Å². The molecule has 3 heteroatoms. The monoisotopic (exact) mass is 137 g/mol. The van der Waals surface area contributed by atoms with Crippen molar-refractivity contribution in [1.29, 1.82) is 5.41 Å². The molecule has 10 heavy (non-hydrogen) atoms. The molecular formula is C7H11N3. The van der Waals surface area contributed by atoms with Crippen LogP contribution in [0.3, 0.4) is 0 Å². The van der Waals surface area contributed by atoms with E-state index in [1.165, 1.54) is 6.21 Å². The highest BCUT2D eigenvalue weighted by Crippen LogP contribution is 2.00. The van der Waals surface area contributed by atoms with Gasteiger partial charge in [-0.05, 0) is 6.08 Å². The van der Waals surface area contributed by atoms with E-state index < -0.39 is 0 Å². The van der Waals surface area contributed by atoms with E-state index in [0.29, 0.717) is 0 Å². The third kappa shape index (κ3) is 1.18. The Balaban J connectivity index is 2.83. The molecule has 0 spiro atoms. The van der Waals surface area contributed by atoms with E-state index in [1.54, 1.807) is 0 Å². The fraction of sp³-hybridized carbons (Fsp3) is 0.286. The minimum Gasteiger partial charge on any atom is -0.386 e. The van der Waals surface area contributed by atoms with Crippen molar-refractivity contribution in [2.45, 2.75) is 0 Å². The van der Waals surface area contributed by atoms with Crippen LogP contribution in [-0.2, 0) is 0 Å². The first-order chi connectivity index (χ1) is 4.88. The minimum absolute atomic E-state index is 0.815. The number of hydrogen-bond donors (Lipinski definition) is 3. The van der Waals surface area contributed by atoms with E-state index >= 15 is 0 Å². The van der Waals surface area contributed by atoms with Gasteiger partial charge in [-0.3, -0.25) is 0 Å². The average molecular weight is 137 g/mol. The van der Waals surface area contributed by atoms with Gasteiger partial charge in [-0.25, -0.2) is 0 Å². The molecular weight excluding hydrogens is 126 g/mol. The summed E-state index contributed by atoms with van der Waals surface area (Å²) in [6.45, 7) is 0.815. The molecule has 0 aromatic heterocycles. The van der Waals surface area contributed by atoms with Crippen LogP contribution in [0.2, 0.25) is 0 Å². The van der Waals surface area contributed by atoms with E-state index in [0.717, 1.165) is 17.9 Å². The van der Waals surface area contributed by atoms with Crippen molar-refractivity contribution < 1.29 is 0 Å². The first kappa shape index (κ1) is 6.86. The topological polar surface area (TPSA) is 47.9 Å². The van der Waals surface area contributed by atoms with Gasteiger partial charge in [0, 0.05) is 19.8 Å². The highest BCUT2D eigenvalue weighted by atomic mass is 14.9. The molecule has 0 bridgehead atoms. The lowest BCUT2D eigenvalue weighted by Gasteiger charge is -2.13. The van der Waals surface area contributed by atoms with Crippen LogP contribution in [0.25, 0.3) is 0 Å². The first-order valence-electron chi connectivity index (χ1n) is 3.21. The highest BCUT2D eigenvalue weighted by Gasteiger charge is 2.01. The van der Waals surface area contributed by atoms with Crippen molar-refractivity contribution in [3.8, 4) is 0 Å². The van der Waals surface area contributed by atoms with Crippen LogP contribution in [-0.4, -0.2) is 19.8 Å². The van der Waals surface area contributed by atoms with Gasteiger partial charge in [0.1, 0.15) is 0 Å². The molecule has 0 amide bonds. The van der Waals surface area contributed by atoms with Gasteiger partial charge >= 0.3 is 0 Å². The van der Waals surface area contributed by atoms with Crippen LogP contribution >= 0.6 is 0 Å². The zero-order chi connectivity index (χ0) is 7.40. The highest BCUT2D eigenvalue weighted by molar-refractivity contribution is 5.77. The number of rotatable bonds is 2. The van der Waals surface area contributed by atoms with E-state index in [1.807, 2.05) is 19.2 Å². The molecule has 0 aliphatic carbocycles. The summed E-state index contributed by atoms with van der Waals surface area (Å²) in [6, 6.07) is 0. The number of nitrogens with one attached hydrogen (secondary N) is 3. The van der Waals surface area contributed by atoms with Crippen LogP contribution in [0.1, 0.15) is 0 Å². The Morgan fingerprint density at radius 2 is 2.60 bits per heavy atom. The SMILES string of the molecule is CNC1=C(C=N)NCC=C1. The smallest absolute Gasteiger partial charge is 0.0756 e. The number of allylic oxidation sites excluding steroid dienone is 2. The van der Waals surface area contributed by atoms with Crippen molar-refractivity contribution in [3.05, 3.63) is 23.5 Å². The van der Waals surface area contributed by atoms with Crippen LogP contribution in [0.5, 0.6) is 0 Å². The van der Waals surface area contributed by atoms with Crippen LogP contribution in [0.15, 0.2) is 23.5 Å². The molecule has 1 rings (SSSR count). The maximum Gasteiger partial charge on any atom is 0.0756 e. The number of dihydropyridines is 1. The zero-order valence-corrected chi connectivity index (χ0v) is 5.94. The summed E-state index contributed by atoms with van der Waals surface area (Å²) in [5, 5.41) is 13.1. The van der Waals surface area contributed by atoms with Gasteiger partial charge in [-0.1, -0.05) is 6.08 Å². The summed E-state index contributed by atoms with van der Waals surface area (Å²) >= 11 is 0. The van der Waals surface area contributed by atoms with Crippen LogP contribution in [0, 0.1) is 5.41 Å². The Kier molecular flexibility index (Phi) is 2.10. The summed E-state index contributed by atoms with van der Waals surface area (Å²) in [6.07, 6.45) is 5.30. The third-order valence-corrected chi connectivity index (χ3v) is 1.40. The molecule has 3 nitrogen and oxygen atoms in total. The second-order valence-corrected chi connectivity index (χ2v) is 2.00. The molecule has 1 aliphatic rings. The van der Waals surface area contributed by atoms with Gasteiger partial charge in [0.15, 0.2) is 0 Å². The fourth-order valence-electron chi connectivity index (χ4n) is 0.877. The van der Waals surface area contributed by atoms with Crippen molar-refractivity contribution in [2.75, 3.05) is 13.6 Å². The summed E-state index contributed by atoms with van der Waals surface area (Å²) < 4.78 is 0. The van der Waals surface area contributed by atoms with Gasteiger partial charge in [0.25, 0.3) is 0 Å². The molecule has 1 heterocycles. The van der Waals surface area contributed by atoms with Gasteiger partial charge in [0.2, 0.25) is 0 Å². The summed E-state index contributed by atoms with van der Waals surface area (Å²) in [7, 11) is 1.84. The molecule has 3 N–H and O–H groups in total. The largest absolute Gasteiger partial charge is 0.386 e. The van der Waals surface area contributed by atoms with Crippen molar-refractivity contribution in [2.24, 2.45) is 0 Å². The lowest BCUT2D eigenvalue weighted by molar-refractivity contribution is 0.874. The fourth-order valence-corrected chi connectivity index (χ4v) is 0.877. The Morgan fingerprint density at radius 3 is 3.10 bits per heavy atom. The second kappa shape index (κ2) is 3.06. The number of hydrogen-bond acceptors (Lipinski definition) is 3. The van der Waals surface area contributed by atoms with E-state index in [-0.39, 0.29) is 0 Å². The van der Waals surface area contributed by atoms with Gasteiger partial charge in [0.05, 0.1) is 11.4 Å². The van der Waals surface area contributed by atoms with Crippen molar-refractivity contribution in [1.82, 2.24) is 10.6 Å². The maximum absolute atomic E-state index is 7.01. The summed E-state index contributed by atoms with van der Waals surface area (Å²) in [5.41, 5.74) is 1.83. The Morgan fingerprint density at radius 1 is 1.80 bits per heavy atom. The molecule has 0 unspecified atom stereocenters. The standard InChI is InChI=1S/C7H11N3/c1-9-6-3-2-4-10-7(6)5-8/h2-3,5,8-10H,4H2,1H3. The van der Waals surface area contributed by atoms with Gasteiger partial charge < -0.3 is 16.0 Å². The van der Waals surface area contributed by atoms with E-state index in [9.17, 15) is 0 Å². The Labute approximate surface area is 60.3 Å². The molecule has 0 radical (unpaired) electrons. The molecule has 1 aliphatic heterocycles. The van der Waals surface area contributed by atoms with Crippen LogP contribution in [0.4, 0.5) is 0 Å². The van der Waals surface area contributed by atoms with E-state index in [2.05, 4.69) is 10.6 Å². The molecule has 0 aromatic rings. The molecule has 0 saturated carbocycles. The van der Waals surface area contributed by atoms with Crippen molar-refractivity contribution >= 4 is 6.21 Å². The lowest BCUT2D eigenvalue weighted by atomic mass is 10.2. The predicted octanol–water partition coefficient (Wildman–Crippen LogP) is 0.226. The lowest BCUT2D eigenvalue weighted by Crippen LogP contribution is -2.23. The third-order valence-electron chi connectivity index (χ3n) is 1.40. The van der Waals surface area contributed by atoms with Crippen LogP contribution < -0.4 is 10.6 Å². The number of likely N-dealkylation sites (N-methyl/N-ethyl adjacent to an activating group) is 1. The maximum atomic E-state index is 7.01. The molecule has 0 aromatic carbocycles. The van der Waals surface area contributed by atoms with Gasteiger partial charge in [-0.2, -0.15) is 0 Å². The van der Waals surface area contributed by atoms with E-state index in [4.69, 9.17) is 5.41 Å². The van der Waals surface area contributed by atoms with Crippen molar-refractivity contribution in [3.63, 3.8) is 0 Å². The summed E-state index contributed by atoms with van der Waals surface area (Å²) in [4.78, 5) is 0. The zero-order valence-electron chi connectivity index (χ0n) is 5.94. The average Bonchev–Trinajstić information content (AvgIpc) is 2.04. The second-order valence-electron chi connectivity index (χ2n) is 2.00. The minimum atomic E-state index is 0.815. The Hall–Kier alpha value is -1.25. The first-order valence-corrected chi connectivity index (χ1v) is 3.21. The molecule has 0 saturated heterocycles. The molecule has 0 atom stereocenters. The normalized spacial score (nSPS) is 16.5. The Bertz CT molecular complexity index is 191. The molecule has 0 fully saturated rings. The summed E-state index contributed by atoms with van der Waals surface area (Å²) in [5.74, 6) is 0. The molecule has 54 valence electrons.